The number of carboxylic acids is 1. The highest BCUT2D eigenvalue weighted by Crippen LogP contribution is 2.23. The maximum Gasteiger partial charge on any atom is 0.303 e. The normalized spacial score (nSPS) is 15.7. The molecule has 0 aliphatic carbocycles. The van der Waals surface area contributed by atoms with Crippen LogP contribution in [0.4, 0.5) is 0 Å². The van der Waals surface area contributed by atoms with E-state index in [1.54, 1.807) is 6.92 Å². The van der Waals surface area contributed by atoms with Crippen LogP contribution >= 0.6 is 0 Å². The van der Waals surface area contributed by atoms with Gasteiger partial charge in [-0.1, -0.05) is 17.4 Å². The first-order chi connectivity index (χ1) is 6.84. The Labute approximate surface area is 86.4 Å². The number of carboxylic acid groups (broad SMARTS) is 1. The van der Waals surface area contributed by atoms with Crippen LogP contribution in [-0.2, 0) is 4.79 Å². The van der Waals surface area contributed by atoms with E-state index in [0.717, 1.165) is 0 Å². The number of carbonyl (C=O) groups is 1. The van der Waals surface area contributed by atoms with Gasteiger partial charge in [-0.25, -0.2) is 0 Å². The van der Waals surface area contributed by atoms with Gasteiger partial charge in [0.15, 0.2) is 0 Å². The summed E-state index contributed by atoms with van der Waals surface area (Å²) in [6.07, 6.45) is -0.284. The van der Waals surface area contributed by atoms with E-state index in [9.17, 15) is 4.79 Å². The molecule has 5 N–H and O–H groups in total. The summed E-state index contributed by atoms with van der Waals surface area (Å²) in [4.78, 5) is 10.3. The summed E-state index contributed by atoms with van der Waals surface area (Å²) in [5.74, 6) is -1.10. The molecule has 0 amide bonds. The van der Waals surface area contributed by atoms with Gasteiger partial charge in [-0.15, -0.1) is 0 Å². The zero-order valence-corrected chi connectivity index (χ0v) is 8.37. The topological polar surface area (TPSA) is 125 Å². The van der Waals surface area contributed by atoms with Crippen LogP contribution in [0.1, 0.15) is 26.2 Å². The Morgan fingerprint density at radius 1 is 1.27 bits per heavy atom. The Balaban J connectivity index is 4.57. The van der Waals surface area contributed by atoms with Gasteiger partial charge in [0.25, 0.3) is 0 Å². The Hall–Kier alpha value is -0.770. The number of hydrogen-bond donors (Lipinski definition) is 5. The van der Waals surface area contributed by atoms with Gasteiger partial charge in [0, 0.05) is 6.42 Å². The van der Waals surface area contributed by atoms with Crippen molar-refractivity contribution in [3.05, 3.63) is 0 Å². The molecular formula is C7H16N2O6. The first-order valence-electron chi connectivity index (χ1n) is 4.39. The zero-order chi connectivity index (χ0) is 12.1. The molecule has 1 atom stereocenters. The largest absolute Gasteiger partial charge is 0.481 e. The molecule has 1 unspecified atom stereocenters. The first kappa shape index (κ1) is 14.2. The molecule has 0 radical (unpaired) electrons. The number of rotatable bonds is 7. The minimum Gasteiger partial charge on any atom is -0.481 e. The SMILES string of the molecule is CCC(CCC(=O)O)(CN(O)O)N(O)O. The molecular weight excluding hydrogens is 208 g/mol. The van der Waals surface area contributed by atoms with E-state index in [-0.39, 0.29) is 29.7 Å². The molecule has 0 aliphatic rings. The molecule has 0 aliphatic heterocycles. The maximum atomic E-state index is 10.3. The van der Waals surface area contributed by atoms with E-state index in [1.165, 1.54) is 0 Å². The van der Waals surface area contributed by atoms with Crippen molar-refractivity contribution < 1.29 is 30.7 Å². The fourth-order valence-corrected chi connectivity index (χ4v) is 1.28. The number of aliphatic carboxylic acids is 1. The quantitative estimate of drug-likeness (QED) is 0.387. The third-order valence-corrected chi connectivity index (χ3v) is 2.32. The lowest BCUT2D eigenvalue weighted by molar-refractivity contribution is -0.397. The molecule has 15 heavy (non-hydrogen) atoms. The molecule has 90 valence electrons. The standard InChI is InChI=1S/C7H16N2O6/c1-2-7(9(14)15,5-8(12)13)4-3-6(10)11/h12-15H,2-5H2,1H3,(H,10,11). The summed E-state index contributed by atoms with van der Waals surface area (Å²) in [5, 5.41) is 43.3. The predicted molar refractivity (Wildman–Crippen MR) is 45.6 cm³/mol. The van der Waals surface area contributed by atoms with Gasteiger partial charge in [-0.2, -0.15) is 0 Å². The lowest BCUT2D eigenvalue weighted by atomic mass is 9.91. The van der Waals surface area contributed by atoms with Crippen LogP contribution in [0.25, 0.3) is 0 Å². The highest BCUT2D eigenvalue weighted by atomic mass is 16.8. The Morgan fingerprint density at radius 2 is 1.80 bits per heavy atom. The predicted octanol–water partition coefficient (Wildman–Crippen LogP) is 0.161. The van der Waals surface area contributed by atoms with Crippen LogP contribution in [0.15, 0.2) is 0 Å². The summed E-state index contributed by atoms with van der Waals surface area (Å²) in [5.41, 5.74) is -1.41. The summed E-state index contributed by atoms with van der Waals surface area (Å²) in [6, 6.07) is 0. The third kappa shape index (κ3) is 4.51. The van der Waals surface area contributed by atoms with Crippen molar-refractivity contribution in [3.8, 4) is 0 Å². The van der Waals surface area contributed by atoms with Crippen molar-refractivity contribution in [2.75, 3.05) is 6.54 Å². The van der Waals surface area contributed by atoms with Gasteiger partial charge in [0.1, 0.15) is 0 Å². The lowest BCUT2D eigenvalue weighted by Gasteiger charge is -2.35. The van der Waals surface area contributed by atoms with Crippen molar-refractivity contribution in [1.29, 1.82) is 0 Å². The van der Waals surface area contributed by atoms with Gasteiger partial charge < -0.3 is 5.11 Å². The average molecular weight is 224 g/mol. The van der Waals surface area contributed by atoms with E-state index in [1.807, 2.05) is 0 Å². The van der Waals surface area contributed by atoms with Crippen LogP contribution in [0.5, 0.6) is 0 Å². The molecule has 0 saturated heterocycles. The average Bonchev–Trinajstić information content (AvgIpc) is 2.11. The second-order valence-electron chi connectivity index (χ2n) is 3.29. The molecule has 0 fully saturated rings. The second-order valence-corrected chi connectivity index (χ2v) is 3.29. The molecule has 0 bridgehead atoms. The summed E-state index contributed by atoms with van der Waals surface area (Å²) < 4.78 is 0. The molecule has 0 spiro atoms. The summed E-state index contributed by atoms with van der Waals surface area (Å²) >= 11 is 0. The zero-order valence-electron chi connectivity index (χ0n) is 8.37. The fourth-order valence-electron chi connectivity index (χ4n) is 1.28. The van der Waals surface area contributed by atoms with Gasteiger partial charge in [-0.05, 0) is 12.8 Å². The smallest absolute Gasteiger partial charge is 0.303 e. The minimum atomic E-state index is -1.41. The number of hydrogen-bond acceptors (Lipinski definition) is 7. The van der Waals surface area contributed by atoms with Crippen LogP contribution in [0.3, 0.4) is 0 Å². The van der Waals surface area contributed by atoms with Crippen LogP contribution in [-0.4, -0.2) is 54.4 Å². The molecule has 0 aromatic rings. The van der Waals surface area contributed by atoms with E-state index in [4.69, 9.17) is 25.9 Å². The van der Waals surface area contributed by atoms with E-state index in [0.29, 0.717) is 0 Å². The van der Waals surface area contributed by atoms with Gasteiger partial charge in [0.2, 0.25) is 0 Å². The Bertz CT molecular complexity index is 210. The van der Waals surface area contributed by atoms with Crippen LogP contribution in [0.2, 0.25) is 0 Å². The minimum absolute atomic E-state index is 0.122. The summed E-state index contributed by atoms with van der Waals surface area (Å²) in [6.45, 7) is 1.08. The molecule has 0 saturated carbocycles. The highest BCUT2D eigenvalue weighted by molar-refractivity contribution is 5.66. The van der Waals surface area contributed by atoms with Crippen molar-refractivity contribution in [3.63, 3.8) is 0 Å². The molecule has 0 aromatic heterocycles. The third-order valence-electron chi connectivity index (χ3n) is 2.32. The van der Waals surface area contributed by atoms with Crippen LogP contribution in [0, 0.1) is 0 Å². The Morgan fingerprint density at radius 3 is 2.07 bits per heavy atom. The fraction of sp³-hybridized carbons (Fsp3) is 0.857. The van der Waals surface area contributed by atoms with E-state index >= 15 is 0 Å². The molecule has 0 aromatic carbocycles. The van der Waals surface area contributed by atoms with Gasteiger partial charge in [-0.3, -0.25) is 25.6 Å². The monoisotopic (exact) mass is 224 g/mol. The van der Waals surface area contributed by atoms with Crippen molar-refractivity contribution in [1.82, 2.24) is 10.5 Å². The van der Waals surface area contributed by atoms with Gasteiger partial charge in [0.05, 0.1) is 12.1 Å². The van der Waals surface area contributed by atoms with Crippen LogP contribution < -0.4 is 0 Å². The second kappa shape index (κ2) is 5.95. The molecule has 8 nitrogen and oxygen atoms in total. The van der Waals surface area contributed by atoms with Crippen molar-refractivity contribution in [2.45, 2.75) is 31.7 Å². The molecule has 8 heteroatoms. The number of hydroxylamine groups is 4. The first-order valence-corrected chi connectivity index (χ1v) is 4.39. The summed E-state index contributed by atoms with van der Waals surface area (Å²) in [7, 11) is 0. The number of nitrogens with zero attached hydrogens (tertiary/aromatic N) is 2. The van der Waals surface area contributed by atoms with E-state index in [2.05, 4.69) is 0 Å². The maximum absolute atomic E-state index is 10.3. The van der Waals surface area contributed by atoms with Crippen molar-refractivity contribution >= 4 is 5.97 Å². The molecule has 0 rings (SSSR count). The lowest BCUT2D eigenvalue weighted by Crippen LogP contribution is -2.52. The molecule has 0 heterocycles. The van der Waals surface area contributed by atoms with Gasteiger partial charge >= 0.3 is 5.97 Å². The Kier molecular flexibility index (Phi) is 5.65. The highest BCUT2D eigenvalue weighted by Gasteiger charge is 2.36. The van der Waals surface area contributed by atoms with E-state index < -0.39 is 18.1 Å². The van der Waals surface area contributed by atoms with Crippen molar-refractivity contribution in [2.24, 2.45) is 0 Å².